The normalized spacial score (nSPS) is 12.2. The lowest BCUT2D eigenvalue weighted by Crippen LogP contribution is -2.19. The standard InChI is InChI=1S/C29H23ClN2O2/c30-27-16-23(18-31)8-13-29(27)34-26-11-12-28-24(17-26)14-15-32(28)19-21-6-9-25(10-7-21)33-20-22-4-2-1-3-5-22/h1-13,16-17H,14-15,19-20H2. The van der Waals surface area contributed by atoms with Crippen molar-refractivity contribution in [3.8, 4) is 23.3 Å². The molecule has 0 amide bonds. The lowest BCUT2D eigenvalue weighted by Gasteiger charge is -2.20. The average molecular weight is 467 g/mol. The fourth-order valence-electron chi connectivity index (χ4n) is 4.11. The Hall–Kier alpha value is -3.94. The van der Waals surface area contributed by atoms with Gasteiger partial charge in [0.05, 0.1) is 16.7 Å². The summed E-state index contributed by atoms with van der Waals surface area (Å²) in [7, 11) is 0. The van der Waals surface area contributed by atoms with Crippen LogP contribution >= 0.6 is 11.6 Å². The minimum Gasteiger partial charge on any atom is -0.489 e. The predicted octanol–water partition coefficient (Wildman–Crippen LogP) is 7.15. The first-order valence-electron chi connectivity index (χ1n) is 11.2. The summed E-state index contributed by atoms with van der Waals surface area (Å²) < 4.78 is 11.9. The van der Waals surface area contributed by atoms with Gasteiger partial charge in [0.25, 0.3) is 0 Å². The molecule has 0 bridgehead atoms. The smallest absolute Gasteiger partial charge is 0.146 e. The van der Waals surface area contributed by atoms with E-state index in [1.54, 1.807) is 18.2 Å². The summed E-state index contributed by atoms with van der Waals surface area (Å²) in [6, 6.07) is 31.8. The Bertz CT molecular complexity index is 1330. The molecule has 4 aromatic rings. The second-order valence-corrected chi connectivity index (χ2v) is 8.65. The monoisotopic (exact) mass is 466 g/mol. The molecule has 34 heavy (non-hydrogen) atoms. The largest absolute Gasteiger partial charge is 0.489 e. The SMILES string of the molecule is N#Cc1ccc(Oc2ccc3c(c2)CCN3Cc2ccc(OCc3ccccc3)cc2)c(Cl)c1. The number of hydrogen-bond donors (Lipinski definition) is 0. The van der Waals surface area contributed by atoms with Crippen LogP contribution in [-0.2, 0) is 19.6 Å². The topological polar surface area (TPSA) is 45.5 Å². The molecule has 0 radical (unpaired) electrons. The summed E-state index contributed by atoms with van der Waals surface area (Å²) in [4.78, 5) is 2.38. The van der Waals surface area contributed by atoms with Gasteiger partial charge in [0.1, 0.15) is 23.9 Å². The highest BCUT2D eigenvalue weighted by molar-refractivity contribution is 6.32. The molecule has 1 aliphatic heterocycles. The Labute approximate surface area is 204 Å². The van der Waals surface area contributed by atoms with E-state index in [1.165, 1.54) is 16.8 Å². The van der Waals surface area contributed by atoms with Crippen LogP contribution in [0.3, 0.4) is 0 Å². The quantitative estimate of drug-likeness (QED) is 0.290. The molecule has 1 heterocycles. The Balaban J connectivity index is 1.21. The number of fused-ring (bicyclic) bond motifs is 1. The average Bonchev–Trinajstić information content (AvgIpc) is 3.27. The third-order valence-corrected chi connectivity index (χ3v) is 6.17. The molecule has 0 aromatic heterocycles. The molecule has 0 unspecified atom stereocenters. The molecule has 0 atom stereocenters. The summed E-state index contributed by atoms with van der Waals surface area (Å²) in [5.74, 6) is 2.16. The van der Waals surface area contributed by atoms with Gasteiger partial charge in [0.15, 0.2) is 0 Å². The van der Waals surface area contributed by atoms with Crippen molar-refractivity contribution in [3.05, 3.63) is 118 Å². The molecular weight excluding hydrogens is 444 g/mol. The fourth-order valence-corrected chi connectivity index (χ4v) is 4.33. The second-order valence-electron chi connectivity index (χ2n) is 8.24. The first-order valence-corrected chi connectivity index (χ1v) is 11.6. The maximum atomic E-state index is 9.00. The van der Waals surface area contributed by atoms with Gasteiger partial charge in [-0.05, 0) is 71.6 Å². The van der Waals surface area contributed by atoms with Gasteiger partial charge in [-0.3, -0.25) is 0 Å². The van der Waals surface area contributed by atoms with Crippen LogP contribution in [0.5, 0.6) is 17.2 Å². The first-order chi connectivity index (χ1) is 16.7. The van der Waals surface area contributed by atoms with E-state index in [0.29, 0.717) is 22.9 Å². The van der Waals surface area contributed by atoms with Gasteiger partial charge in [0.2, 0.25) is 0 Å². The minimum absolute atomic E-state index is 0.428. The third-order valence-electron chi connectivity index (χ3n) is 5.88. The summed E-state index contributed by atoms with van der Waals surface area (Å²) in [6.07, 6.45) is 0.964. The zero-order valence-corrected chi connectivity index (χ0v) is 19.3. The third kappa shape index (κ3) is 5.01. The van der Waals surface area contributed by atoms with Crippen LogP contribution in [0.15, 0.2) is 91.0 Å². The summed E-state index contributed by atoms with van der Waals surface area (Å²) >= 11 is 6.26. The van der Waals surface area contributed by atoms with Crippen LogP contribution < -0.4 is 14.4 Å². The molecule has 0 saturated heterocycles. The van der Waals surface area contributed by atoms with Gasteiger partial charge < -0.3 is 14.4 Å². The number of anilines is 1. The van der Waals surface area contributed by atoms with E-state index in [9.17, 15) is 0 Å². The molecule has 4 aromatic carbocycles. The number of benzene rings is 4. The van der Waals surface area contributed by atoms with Crippen LogP contribution in [0.1, 0.15) is 22.3 Å². The van der Waals surface area contributed by atoms with Gasteiger partial charge in [-0.1, -0.05) is 54.1 Å². The summed E-state index contributed by atoms with van der Waals surface area (Å²) in [5.41, 5.74) is 5.39. The molecule has 0 spiro atoms. The van der Waals surface area contributed by atoms with Gasteiger partial charge in [-0.15, -0.1) is 0 Å². The molecule has 5 heteroatoms. The zero-order valence-electron chi connectivity index (χ0n) is 18.6. The molecule has 0 aliphatic carbocycles. The molecular formula is C29H23ClN2O2. The number of ether oxygens (including phenoxy) is 2. The van der Waals surface area contributed by atoms with Crippen molar-refractivity contribution >= 4 is 17.3 Å². The van der Waals surface area contributed by atoms with Crippen LogP contribution in [0.4, 0.5) is 5.69 Å². The van der Waals surface area contributed by atoms with E-state index in [2.05, 4.69) is 47.4 Å². The molecule has 168 valence electrons. The Morgan fingerprint density at radius 3 is 2.41 bits per heavy atom. The first kappa shape index (κ1) is 21.9. The maximum absolute atomic E-state index is 9.00. The van der Waals surface area contributed by atoms with E-state index >= 15 is 0 Å². The van der Waals surface area contributed by atoms with Gasteiger partial charge >= 0.3 is 0 Å². The molecule has 5 rings (SSSR count). The van der Waals surface area contributed by atoms with E-state index in [0.717, 1.165) is 36.6 Å². The highest BCUT2D eigenvalue weighted by Crippen LogP contribution is 2.36. The van der Waals surface area contributed by atoms with Crippen molar-refractivity contribution in [2.24, 2.45) is 0 Å². The predicted molar refractivity (Wildman–Crippen MR) is 135 cm³/mol. The van der Waals surface area contributed by atoms with Crippen molar-refractivity contribution < 1.29 is 9.47 Å². The lowest BCUT2D eigenvalue weighted by atomic mass is 10.1. The van der Waals surface area contributed by atoms with Crippen LogP contribution in [0, 0.1) is 11.3 Å². The highest BCUT2D eigenvalue weighted by atomic mass is 35.5. The van der Waals surface area contributed by atoms with Crippen LogP contribution in [0.2, 0.25) is 5.02 Å². The van der Waals surface area contributed by atoms with Crippen LogP contribution in [0.25, 0.3) is 0 Å². The number of halogens is 1. The molecule has 0 fully saturated rings. The summed E-state index contributed by atoms with van der Waals surface area (Å²) in [5, 5.41) is 9.43. The Kier molecular flexibility index (Phi) is 6.38. The second kappa shape index (κ2) is 9.91. The van der Waals surface area contributed by atoms with E-state index in [1.807, 2.05) is 36.4 Å². The van der Waals surface area contributed by atoms with Crippen molar-refractivity contribution in [3.63, 3.8) is 0 Å². The number of nitriles is 1. The Morgan fingerprint density at radius 1 is 0.853 bits per heavy atom. The number of rotatable bonds is 7. The molecule has 4 nitrogen and oxygen atoms in total. The van der Waals surface area contributed by atoms with Crippen molar-refractivity contribution in [2.45, 2.75) is 19.6 Å². The number of nitrogens with zero attached hydrogens (tertiary/aromatic N) is 2. The van der Waals surface area contributed by atoms with Gasteiger partial charge in [-0.25, -0.2) is 0 Å². The molecule has 0 N–H and O–H groups in total. The highest BCUT2D eigenvalue weighted by Gasteiger charge is 2.20. The van der Waals surface area contributed by atoms with Crippen LogP contribution in [-0.4, -0.2) is 6.54 Å². The summed E-state index contributed by atoms with van der Waals surface area (Å²) in [6.45, 7) is 2.37. The fraction of sp³-hybridized carbons (Fsp3) is 0.138. The van der Waals surface area contributed by atoms with Crippen molar-refractivity contribution in [1.29, 1.82) is 5.26 Å². The lowest BCUT2D eigenvalue weighted by molar-refractivity contribution is 0.306. The zero-order chi connectivity index (χ0) is 23.3. The molecule has 1 aliphatic rings. The maximum Gasteiger partial charge on any atom is 0.146 e. The van der Waals surface area contributed by atoms with Gasteiger partial charge in [0, 0.05) is 18.8 Å². The molecule has 0 saturated carbocycles. The van der Waals surface area contributed by atoms with Crippen molar-refractivity contribution in [2.75, 3.05) is 11.4 Å². The number of hydrogen-bond acceptors (Lipinski definition) is 4. The Morgan fingerprint density at radius 2 is 1.65 bits per heavy atom. The van der Waals surface area contributed by atoms with E-state index in [4.69, 9.17) is 26.3 Å². The van der Waals surface area contributed by atoms with E-state index in [-0.39, 0.29) is 0 Å². The minimum atomic E-state index is 0.428. The van der Waals surface area contributed by atoms with Crippen molar-refractivity contribution in [1.82, 2.24) is 0 Å². The van der Waals surface area contributed by atoms with E-state index < -0.39 is 0 Å². The van der Waals surface area contributed by atoms with Gasteiger partial charge in [-0.2, -0.15) is 5.26 Å².